The second kappa shape index (κ2) is 6.74. The maximum absolute atomic E-state index is 11.9. The Morgan fingerprint density at radius 2 is 2.11 bits per heavy atom. The van der Waals surface area contributed by atoms with E-state index in [1.807, 2.05) is 10.6 Å². The van der Waals surface area contributed by atoms with Gasteiger partial charge in [-0.2, -0.15) is 0 Å². The van der Waals surface area contributed by atoms with Gasteiger partial charge < -0.3 is 9.88 Å². The van der Waals surface area contributed by atoms with Crippen LogP contribution in [0.25, 0.3) is 0 Å². The Kier molecular flexibility index (Phi) is 5.00. The fourth-order valence-corrected chi connectivity index (χ4v) is 2.70. The number of hydrogen-bond donors (Lipinski definition) is 1. The average Bonchev–Trinajstić information content (AvgIpc) is 2.84. The van der Waals surface area contributed by atoms with Crippen LogP contribution in [0.2, 0.25) is 0 Å². The van der Waals surface area contributed by atoms with Crippen LogP contribution < -0.4 is 10.9 Å². The zero-order chi connectivity index (χ0) is 12.8. The average molecular weight is 248 g/mol. The lowest BCUT2D eigenvalue weighted by molar-refractivity contribution is 0.546. The Morgan fingerprint density at radius 1 is 1.22 bits per heavy atom. The molecule has 0 bridgehead atoms. The van der Waals surface area contributed by atoms with E-state index in [2.05, 4.69) is 12.2 Å². The van der Waals surface area contributed by atoms with Crippen LogP contribution in [0.1, 0.15) is 43.9 Å². The Morgan fingerprint density at radius 3 is 2.94 bits per heavy atom. The van der Waals surface area contributed by atoms with Crippen molar-refractivity contribution in [3.05, 3.63) is 33.7 Å². The van der Waals surface area contributed by atoms with Crippen LogP contribution in [-0.2, 0) is 19.4 Å². The summed E-state index contributed by atoms with van der Waals surface area (Å²) in [7, 11) is 0. The largest absolute Gasteiger partial charge is 0.317 e. The molecule has 1 aromatic heterocycles. The number of fused-ring (bicyclic) bond motifs is 1. The van der Waals surface area contributed by atoms with Crippen molar-refractivity contribution < 1.29 is 0 Å². The van der Waals surface area contributed by atoms with E-state index in [0.717, 1.165) is 45.3 Å². The summed E-state index contributed by atoms with van der Waals surface area (Å²) in [5.41, 5.74) is 2.86. The van der Waals surface area contributed by atoms with Gasteiger partial charge in [-0.05, 0) is 57.2 Å². The topological polar surface area (TPSA) is 34.0 Å². The molecule has 0 fully saturated rings. The lowest BCUT2D eigenvalue weighted by atomic mass is 10.2. The van der Waals surface area contributed by atoms with Gasteiger partial charge in [-0.15, -0.1) is 0 Å². The van der Waals surface area contributed by atoms with Gasteiger partial charge in [-0.1, -0.05) is 13.0 Å². The molecule has 0 unspecified atom stereocenters. The summed E-state index contributed by atoms with van der Waals surface area (Å²) in [6.45, 7) is 5.23. The number of aryl methyl sites for hydroxylation is 1. The van der Waals surface area contributed by atoms with Crippen molar-refractivity contribution in [2.24, 2.45) is 0 Å². The number of unbranched alkanes of at least 4 members (excludes halogenated alkanes) is 1. The highest BCUT2D eigenvalue weighted by molar-refractivity contribution is 5.25. The molecule has 2 rings (SSSR count). The SMILES string of the molecule is CCCNCCCCn1c2c(ccc1=O)CCC2. The van der Waals surface area contributed by atoms with Gasteiger partial charge in [-0.3, -0.25) is 4.79 Å². The third-order valence-electron chi connectivity index (χ3n) is 3.66. The Bertz CT molecular complexity index is 437. The molecule has 1 aliphatic carbocycles. The van der Waals surface area contributed by atoms with E-state index >= 15 is 0 Å². The summed E-state index contributed by atoms with van der Waals surface area (Å²) in [6, 6.07) is 3.75. The molecule has 18 heavy (non-hydrogen) atoms. The molecule has 100 valence electrons. The van der Waals surface area contributed by atoms with Crippen molar-refractivity contribution in [3.63, 3.8) is 0 Å². The summed E-state index contributed by atoms with van der Waals surface area (Å²) in [5, 5.41) is 3.40. The summed E-state index contributed by atoms with van der Waals surface area (Å²) in [4.78, 5) is 11.9. The van der Waals surface area contributed by atoms with Gasteiger partial charge >= 0.3 is 0 Å². The number of nitrogens with one attached hydrogen (secondary N) is 1. The number of rotatable bonds is 7. The summed E-state index contributed by atoms with van der Waals surface area (Å²) in [5.74, 6) is 0. The molecule has 3 nitrogen and oxygen atoms in total. The third-order valence-corrected chi connectivity index (χ3v) is 3.66. The Labute approximate surface area is 109 Å². The molecule has 1 aromatic rings. The second-order valence-electron chi connectivity index (χ2n) is 5.11. The normalized spacial score (nSPS) is 13.8. The first-order chi connectivity index (χ1) is 8.83. The second-order valence-corrected chi connectivity index (χ2v) is 5.11. The van der Waals surface area contributed by atoms with Crippen LogP contribution in [0.3, 0.4) is 0 Å². The number of aromatic nitrogens is 1. The van der Waals surface area contributed by atoms with E-state index in [1.165, 1.54) is 24.1 Å². The first-order valence-electron chi connectivity index (χ1n) is 7.25. The molecule has 1 N–H and O–H groups in total. The smallest absolute Gasteiger partial charge is 0.250 e. The number of pyridine rings is 1. The van der Waals surface area contributed by atoms with Crippen molar-refractivity contribution in [2.45, 2.75) is 52.0 Å². The minimum atomic E-state index is 0.178. The molecule has 0 saturated carbocycles. The van der Waals surface area contributed by atoms with E-state index in [1.54, 1.807) is 6.07 Å². The lowest BCUT2D eigenvalue weighted by Gasteiger charge is -2.11. The van der Waals surface area contributed by atoms with Crippen molar-refractivity contribution in [2.75, 3.05) is 13.1 Å². The van der Waals surface area contributed by atoms with Crippen LogP contribution in [0.15, 0.2) is 16.9 Å². The molecular formula is C15H24N2O. The fraction of sp³-hybridized carbons (Fsp3) is 0.667. The molecule has 1 heterocycles. The van der Waals surface area contributed by atoms with Gasteiger partial charge in [-0.25, -0.2) is 0 Å². The van der Waals surface area contributed by atoms with Crippen LogP contribution in [0.5, 0.6) is 0 Å². The monoisotopic (exact) mass is 248 g/mol. The molecule has 1 aliphatic rings. The minimum absolute atomic E-state index is 0.178. The standard InChI is InChI=1S/C15H24N2O/c1-2-10-16-11-3-4-12-17-14-7-5-6-13(14)8-9-15(17)18/h8-9,16H,2-7,10-12H2,1H3. The van der Waals surface area contributed by atoms with Gasteiger partial charge in [0, 0.05) is 18.3 Å². The van der Waals surface area contributed by atoms with Gasteiger partial charge in [0.15, 0.2) is 0 Å². The highest BCUT2D eigenvalue weighted by Crippen LogP contribution is 2.20. The molecule has 0 spiro atoms. The third kappa shape index (κ3) is 3.22. The summed E-state index contributed by atoms with van der Waals surface area (Å²) < 4.78 is 2.00. The van der Waals surface area contributed by atoms with Crippen molar-refractivity contribution >= 4 is 0 Å². The number of nitrogens with zero attached hydrogens (tertiary/aromatic N) is 1. The van der Waals surface area contributed by atoms with Crippen LogP contribution in [-0.4, -0.2) is 17.7 Å². The van der Waals surface area contributed by atoms with Gasteiger partial charge in [0.2, 0.25) is 0 Å². The molecule has 0 amide bonds. The molecule has 0 saturated heterocycles. The maximum atomic E-state index is 11.9. The fourth-order valence-electron chi connectivity index (χ4n) is 2.70. The highest BCUT2D eigenvalue weighted by atomic mass is 16.1. The first-order valence-corrected chi connectivity index (χ1v) is 7.25. The molecule has 0 aliphatic heterocycles. The molecule has 0 radical (unpaired) electrons. The van der Waals surface area contributed by atoms with Crippen molar-refractivity contribution in [1.82, 2.24) is 9.88 Å². The summed E-state index contributed by atoms with van der Waals surface area (Å²) >= 11 is 0. The van der Waals surface area contributed by atoms with Crippen molar-refractivity contribution in [3.8, 4) is 0 Å². The van der Waals surface area contributed by atoms with E-state index in [4.69, 9.17) is 0 Å². The lowest BCUT2D eigenvalue weighted by Crippen LogP contribution is -2.23. The van der Waals surface area contributed by atoms with Crippen LogP contribution in [0.4, 0.5) is 0 Å². The number of hydrogen-bond acceptors (Lipinski definition) is 2. The van der Waals surface area contributed by atoms with E-state index < -0.39 is 0 Å². The van der Waals surface area contributed by atoms with Gasteiger partial charge in [0.05, 0.1) is 0 Å². The highest BCUT2D eigenvalue weighted by Gasteiger charge is 2.14. The minimum Gasteiger partial charge on any atom is -0.317 e. The Balaban J connectivity index is 1.86. The Hall–Kier alpha value is -1.09. The summed E-state index contributed by atoms with van der Waals surface area (Å²) in [6.07, 6.45) is 6.86. The quantitative estimate of drug-likeness (QED) is 0.750. The predicted octanol–water partition coefficient (Wildman–Crippen LogP) is 2.12. The van der Waals surface area contributed by atoms with Crippen LogP contribution in [0, 0.1) is 0 Å². The molecule has 0 aromatic carbocycles. The van der Waals surface area contributed by atoms with Crippen LogP contribution >= 0.6 is 0 Å². The van der Waals surface area contributed by atoms with E-state index in [0.29, 0.717) is 0 Å². The van der Waals surface area contributed by atoms with Gasteiger partial charge in [0.25, 0.3) is 5.56 Å². The zero-order valence-electron chi connectivity index (χ0n) is 11.4. The van der Waals surface area contributed by atoms with E-state index in [9.17, 15) is 4.79 Å². The molecule has 3 heteroatoms. The predicted molar refractivity (Wildman–Crippen MR) is 75.1 cm³/mol. The maximum Gasteiger partial charge on any atom is 0.250 e. The molecule has 0 atom stereocenters. The van der Waals surface area contributed by atoms with Crippen molar-refractivity contribution in [1.29, 1.82) is 0 Å². The zero-order valence-corrected chi connectivity index (χ0v) is 11.4. The van der Waals surface area contributed by atoms with E-state index in [-0.39, 0.29) is 5.56 Å². The molecular weight excluding hydrogens is 224 g/mol. The van der Waals surface area contributed by atoms with Gasteiger partial charge in [0.1, 0.15) is 0 Å². The first kappa shape index (κ1) is 13.3.